The van der Waals surface area contributed by atoms with E-state index in [0.717, 1.165) is 0 Å². The van der Waals surface area contributed by atoms with E-state index in [1.54, 1.807) is 4.90 Å². The van der Waals surface area contributed by atoms with Crippen LogP contribution in [0, 0.1) is 0 Å². The van der Waals surface area contributed by atoms with Crippen molar-refractivity contribution in [1.29, 1.82) is 0 Å². The van der Waals surface area contributed by atoms with Gasteiger partial charge >= 0.3 is 5.97 Å². The monoisotopic (exact) mass is 157 g/mol. The third kappa shape index (κ3) is 1.91. The standard InChI is InChI=1S/C6H11N3O2/c7-3-5-8-1-2-9(5)4-6(10)11/h1-4,7H2,(H,10,11). The zero-order valence-corrected chi connectivity index (χ0v) is 6.16. The molecular formula is C6H11N3O2. The quantitative estimate of drug-likeness (QED) is 0.536. The molecule has 0 atom stereocenters. The maximum Gasteiger partial charge on any atom is 0.323 e. The van der Waals surface area contributed by atoms with Gasteiger partial charge in [-0.05, 0) is 0 Å². The zero-order chi connectivity index (χ0) is 8.27. The Bertz CT molecular complexity index is 190. The van der Waals surface area contributed by atoms with Gasteiger partial charge in [-0.25, -0.2) is 0 Å². The Kier molecular flexibility index (Phi) is 2.43. The maximum atomic E-state index is 10.3. The predicted octanol–water partition coefficient (Wildman–Crippen LogP) is -1.26. The molecule has 1 heterocycles. The van der Waals surface area contributed by atoms with Crippen molar-refractivity contribution in [3.05, 3.63) is 0 Å². The number of amidine groups is 1. The number of carboxylic acid groups (broad SMARTS) is 1. The van der Waals surface area contributed by atoms with E-state index in [-0.39, 0.29) is 6.54 Å². The van der Waals surface area contributed by atoms with Crippen LogP contribution in [0.15, 0.2) is 4.99 Å². The summed E-state index contributed by atoms with van der Waals surface area (Å²) in [5.74, 6) is -0.138. The minimum Gasteiger partial charge on any atom is -0.480 e. The number of aliphatic imine (C=N–C) groups is 1. The molecule has 0 amide bonds. The molecule has 0 unspecified atom stereocenters. The summed E-state index contributed by atoms with van der Waals surface area (Å²) in [6.07, 6.45) is 0. The second-order valence-electron chi connectivity index (χ2n) is 2.32. The van der Waals surface area contributed by atoms with Crippen molar-refractivity contribution in [1.82, 2.24) is 4.90 Å². The lowest BCUT2D eigenvalue weighted by molar-refractivity contribution is -0.137. The summed E-state index contributed by atoms with van der Waals surface area (Å²) < 4.78 is 0. The van der Waals surface area contributed by atoms with Gasteiger partial charge in [0.2, 0.25) is 0 Å². The average molecular weight is 157 g/mol. The Hall–Kier alpha value is -1.10. The number of nitrogens with two attached hydrogens (primary N) is 1. The molecule has 0 spiro atoms. The fourth-order valence-corrected chi connectivity index (χ4v) is 1.06. The summed E-state index contributed by atoms with van der Waals surface area (Å²) in [7, 11) is 0. The number of rotatable bonds is 3. The fourth-order valence-electron chi connectivity index (χ4n) is 1.06. The van der Waals surface area contributed by atoms with Crippen molar-refractivity contribution < 1.29 is 9.90 Å². The van der Waals surface area contributed by atoms with Gasteiger partial charge in [-0.1, -0.05) is 0 Å². The van der Waals surface area contributed by atoms with E-state index in [4.69, 9.17) is 10.8 Å². The summed E-state index contributed by atoms with van der Waals surface area (Å²) in [6, 6.07) is 0. The highest BCUT2D eigenvalue weighted by molar-refractivity contribution is 5.88. The molecule has 5 heteroatoms. The van der Waals surface area contributed by atoms with E-state index >= 15 is 0 Å². The van der Waals surface area contributed by atoms with Gasteiger partial charge in [0.25, 0.3) is 0 Å². The molecule has 1 aliphatic heterocycles. The molecule has 5 nitrogen and oxygen atoms in total. The number of hydrogen-bond donors (Lipinski definition) is 2. The number of carbonyl (C=O) groups is 1. The predicted molar refractivity (Wildman–Crippen MR) is 40.6 cm³/mol. The maximum absolute atomic E-state index is 10.3. The molecule has 0 bridgehead atoms. The van der Waals surface area contributed by atoms with Gasteiger partial charge < -0.3 is 15.7 Å². The Labute approximate surface area is 64.5 Å². The number of nitrogens with zero attached hydrogens (tertiary/aromatic N) is 2. The highest BCUT2D eigenvalue weighted by Crippen LogP contribution is 1.99. The van der Waals surface area contributed by atoms with Crippen molar-refractivity contribution in [2.75, 3.05) is 26.2 Å². The molecule has 1 rings (SSSR count). The van der Waals surface area contributed by atoms with Gasteiger partial charge in [0.05, 0.1) is 13.1 Å². The van der Waals surface area contributed by atoms with Crippen LogP contribution < -0.4 is 5.73 Å². The number of aliphatic carboxylic acids is 1. The van der Waals surface area contributed by atoms with Crippen molar-refractivity contribution in [3.63, 3.8) is 0 Å². The smallest absolute Gasteiger partial charge is 0.323 e. The third-order valence-corrected chi connectivity index (χ3v) is 1.54. The first kappa shape index (κ1) is 8.00. The Morgan fingerprint density at radius 3 is 3.09 bits per heavy atom. The molecule has 11 heavy (non-hydrogen) atoms. The normalized spacial score (nSPS) is 16.8. The number of hydrogen-bond acceptors (Lipinski definition) is 4. The molecular weight excluding hydrogens is 146 g/mol. The summed E-state index contributed by atoms with van der Waals surface area (Å²) in [6.45, 7) is 1.68. The van der Waals surface area contributed by atoms with Crippen LogP contribution in [0.3, 0.4) is 0 Å². The molecule has 62 valence electrons. The average Bonchev–Trinajstić information content (AvgIpc) is 2.34. The van der Waals surface area contributed by atoms with Gasteiger partial charge in [0.15, 0.2) is 0 Å². The van der Waals surface area contributed by atoms with Crippen molar-refractivity contribution >= 4 is 11.8 Å². The molecule has 1 aliphatic rings. The summed E-state index contributed by atoms with van der Waals surface area (Å²) in [5, 5.41) is 8.45. The van der Waals surface area contributed by atoms with Crippen molar-refractivity contribution in [2.45, 2.75) is 0 Å². The lowest BCUT2D eigenvalue weighted by atomic mass is 10.4. The first-order valence-corrected chi connectivity index (χ1v) is 3.44. The Balaban J connectivity index is 2.46. The minimum absolute atomic E-state index is 0.00995. The molecule has 0 aromatic rings. The second-order valence-corrected chi connectivity index (χ2v) is 2.32. The molecule has 0 radical (unpaired) electrons. The highest BCUT2D eigenvalue weighted by atomic mass is 16.4. The van der Waals surface area contributed by atoms with Gasteiger partial charge in [-0.15, -0.1) is 0 Å². The summed E-state index contributed by atoms with van der Waals surface area (Å²) >= 11 is 0. The van der Waals surface area contributed by atoms with Crippen molar-refractivity contribution in [2.24, 2.45) is 10.7 Å². The Morgan fingerprint density at radius 1 is 1.82 bits per heavy atom. The molecule has 0 saturated carbocycles. The van der Waals surface area contributed by atoms with E-state index < -0.39 is 5.97 Å². The van der Waals surface area contributed by atoms with Crippen LogP contribution in [-0.2, 0) is 4.79 Å². The van der Waals surface area contributed by atoms with Crippen LogP contribution in [0.5, 0.6) is 0 Å². The van der Waals surface area contributed by atoms with Crippen molar-refractivity contribution in [3.8, 4) is 0 Å². The molecule has 0 aliphatic carbocycles. The lowest BCUT2D eigenvalue weighted by Gasteiger charge is -2.15. The van der Waals surface area contributed by atoms with Gasteiger partial charge in [-0.2, -0.15) is 0 Å². The van der Waals surface area contributed by atoms with Crippen LogP contribution in [0.25, 0.3) is 0 Å². The molecule has 0 aromatic heterocycles. The zero-order valence-electron chi connectivity index (χ0n) is 6.16. The van der Waals surface area contributed by atoms with E-state index in [0.29, 0.717) is 25.5 Å². The van der Waals surface area contributed by atoms with Gasteiger partial charge in [-0.3, -0.25) is 9.79 Å². The first-order valence-electron chi connectivity index (χ1n) is 3.44. The van der Waals surface area contributed by atoms with Gasteiger partial charge in [0.1, 0.15) is 12.4 Å². The SMILES string of the molecule is NCC1=NCCN1CC(=O)O. The molecule has 0 aromatic carbocycles. The van der Waals surface area contributed by atoms with E-state index in [1.807, 2.05) is 0 Å². The van der Waals surface area contributed by atoms with Crippen LogP contribution in [0.4, 0.5) is 0 Å². The topological polar surface area (TPSA) is 78.9 Å². The molecule has 0 fully saturated rings. The lowest BCUT2D eigenvalue weighted by Crippen LogP contribution is -2.36. The molecule has 3 N–H and O–H groups in total. The minimum atomic E-state index is -0.840. The van der Waals surface area contributed by atoms with Crippen LogP contribution >= 0.6 is 0 Å². The Morgan fingerprint density at radius 2 is 2.55 bits per heavy atom. The first-order chi connectivity index (χ1) is 5.24. The van der Waals surface area contributed by atoms with Crippen LogP contribution in [0.1, 0.15) is 0 Å². The van der Waals surface area contributed by atoms with E-state index in [2.05, 4.69) is 4.99 Å². The van der Waals surface area contributed by atoms with E-state index in [9.17, 15) is 4.79 Å². The summed E-state index contributed by atoms with van der Waals surface area (Å²) in [4.78, 5) is 16.0. The number of carboxylic acids is 1. The fraction of sp³-hybridized carbons (Fsp3) is 0.667. The third-order valence-electron chi connectivity index (χ3n) is 1.54. The second kappa shape index (κ2) is 3.34. The largest absolute Gasteiger partial charge is 0.480 e. The molecule has 0 saturated heterocycles. The van der Waals surface area contributed by atoms with Crippen LogP contribution in [-0.4, -0.2) is 48.0 Å². The van der Waals surface area contributed by atoms with Crippen LogP contribution in [0.2, 0.25) is 0 Å². The van der Waals surface area contributed by atoms with Gasteiger partial charge in [0, 0.05) is 6.54 Å². The highest BCUT2D eigenvalue weighted by Gasteiger charge is 2.17. The van der Waals surface area contributed by atoms with E-state index in [1.165, 1.54) is 0 Å². The summed E-state index contributed by atoms with van der Waals surface area (Å²) in [5.41, 5.74) is 5.33.